The molecule has 1 heterocycles. The first kappa shape index (κ1) is 13.5. The summed E-state index contributed by atoms with van der Waals surface area (Å²) in [6.45, 7) is 7.51. The van der Waals surface area contributed by atoms with Crippen molar-refractivity contribution in [1.29, 1.82) is 0 Å². The molecule has 0 saturated heterocycles. The molecule has 5 heteroatoms. The standard InChI is InChI=1S/C13H23N3O2/c1-4-17-13(7-5-6-8-13)12-15-11(18-16-12)9-14-10(2)3/h10,14H,4-9H2,1-3H3. The van der Waals surface area contributed by atoms with Gasteiger partial charge in [0, 0.05) is 12.6 Å². The summed E-state index contributed by atoms with van der Waals surface area (Å²) in [7, 11) is 0. The quantitative estimate of drug-likeness (QED) is 0.843. The lowest BCUT2D eigenvalue weighted by atomic mass is 10.0. The van der Waals surface area contributed by atoms with Crippen LogP contribution in [0.2, 0.25) is 0 Å². The van der Waals surface area contributed by atoms with E-state index in [1.807, 2.05) is 6.92 Å². The Kier molecular flexibility index (Phi) is 4.35. The van der Waals surface area contributed by atoms with Crippen LogP contribution in [-0.4, -0.2) is 22.8 Å². The summed E-state index contributed by atoms with van der Waals surface area (Å²) >= 11 is 0. The molecule has 1 aromatic rings. The molecule has 2 rings (SSSR count). The second kappa shape index (κ2) is 5.80. The highest BCUT2D eigenvalue weighted by Crippen LogP contribution is 2.40. The third kappa shape index (κ3) is 2.90. The number of hydrogen-bond donors (Lipinski definition) is 1. The molecule has 0 amide bonds. The molecule has 1 N–H and O–H groups in total. The lowest BCUT2D eigenvalue weighted by molar-refractivity contribution is -0.0469. The van der Waals surface area contributed by atoms with Gasteiger partial charge in [0.1, 0.15) is 5.60 Å². The second-order valence-electron chi connectivity index (χ2n) is 5.18. The summed E-state index contributed by atoms with van der Waals surface area (Å²) in [6.07, 6.45) is 4.34. The van der Waals surface area contributed by atoms with Crippen molar-refractivity contribution in [3.8, 4) is 0 Å². The van der Waals surface area contributed by atoms with E-state index in [0.717, 1.165) is 18.7 Å². The van der Waals surface area contributed by atoms with Crippen molar-refractivity contribution in [2.45, 2.75) is 64.6 Å². The van der Waals surface area contributed by atoms with Crippen molar-refractivity contribution in [2.75, 3.05) is 6.61 Å². The molecule has 18 heavy (non-hydrogen) atoms. The third-order valence-corrected chi connectivity index (χ3v) is 3.37. The average molecular weight is 253 g/mol. The van der Waals surface area contributed by atoms with Gasteiger partial charge in [0.25, 0.3) is 0 Å². The van der Waals surface area contributed by atoms with E-state index >= 15 is 0 Å². The van der Waals surface area contributed by atoms with Gasteiger partial charge in [-0.15, -0.1) is 0 Å². The Morgan fingerprint density at radius 1 is 1.39 bits per heavy atom. The van der Waals surface area contributed by atoms with Crippen LogP contribution in [0.3, 0.4) is 0 Å². The SMILES string of the molecule is CCOC1(c2noc(CNC(C)C)n2)CCCC1. The Bertz CT molecular complexity index is 370. The molecule has 0 bridgehead atoms. The smallest absolute Gasteiger partial charge is 0.240 e. The summed E-state index contributed by atoms with van der Waals surface area (Å²) in [5, 5.41) is 7.39. The van der Waals surface area contributed by atoms with Gasteiger partial charge in [-0.3, -0.25) is 0 Å². The maximum absolute atomic E-state index is 5.91. The predicted octanol–water partition coefficient (Wildman–Crippen LogP) is 2.37. The number of aromatic nitrogens is 2. The maximum Gasteiger partial charge on any atom is 0.240 e. The Balaban J connectivity index is 2.07. The molecule has 0 aliphatic heterocycles. The lowest BCUT2D eigenvalue weighted by Crippen LogP contribution is -2.28. The minimum atomic E-state index is -0.297. The van der Waals surface area contributed by atoms with E-state index in [0.29, 0.717) is 25.1 Å². The van der Waals surface area contributed by atoms with Crippen molar-refractivity contribution < 1.29 is 9.26 Å². The van der Waals surface area contributed by atoms with E-state index in [9.17, 15) is 0 Å². The van der Waals surface area contributed by atoms with Crippen LogP contribution in [0.5, 0.6) is 0 Å². The molecule has 1 saturated carbocycles. The van der Waals surface area contributed by atoms with E-state index in [2.05, 4.69) is 29.3 Å². The summed E-state index contributed by atoms with van der Waals surface area (Å²) in [5.41, 5.74) is -0.297. The van der Waals surface area contributed by atoms with E-state index in [1.165, 1.54) is 12.8 Å². The molecule has 1 fully saturated rings. The van der Waals surface area contributed by atoms with Crippen LogP contribution in [0, 0.1) is 0 Å². The van der Waals surface area contributed by atoms with Crippen LogP contribution in [0.25, 0.3) is 0 Å². The van der Waals surface area contributed by atoms with Gasteiger partial charge in [-0.25, -0.2) is 0 Å². The number of rotatable bonds is 6. The van der Waals surface area contributed by atoms with Gasteiger partial charge < -0.3 is 14.6 Å². The molecule has 0 atom stereocenters. The molecule has 1 aliphatic carbocycles. The zero-order valence-electron chi connectivity index (χ0n) is 11.5. The van der Waals surface area contributed by atoms with Crippen LogP contribution >= 0.6 is 0 Å². The number of ether oxygens (including phenoxy) is 1. The van der Waals surface area contributed by atoms with Crippen LogP contribution in [0.1, 0.15) is 58.2 Å². The lowest BCUT2D eigenvalue weighted by Gasteiger charge is -2.24. The van der Waals surface area contributed by atoms with Crippen LogP contribution in [0.4, 0.5) is 0 Å². The van der Waals surface area contributed by atoms with Crippen LogP contribution < -0.4 is 5.32 Å². The number of nitrogens with zero attached hydrogens (tertiary/aromatic N) is 2. The van der Waals surface area contributed by atoms with Gasteiger partial charge in [0.2, 0.25) is 11.7 Å². The number of hydrogen-bond acceptors (Lipinski definition) is 5. The minimum Gasteiger partial charge on any atom is -0.367 e. The Morgan fingerprint density at radius 2 is 2.11 bits per heavy atom. The maximum atomic E-state index is 5.91. The third-order valence-electron chi connectivity index (χ3n) is 3.37. The van der Waals surface area contributed by atoms with E-state index < -0.39 is 0 Å². The Labute approximate surface area is 108 Å². The molecule has 5 nitrogen and oxygen atoms in total. The predicted molar refractivity (Wildman–Crippen MR) is 68.0 cm³/mol. The van der Waals surface area contributed by atoms with Gasteiger partial charge in [-0.2, -0.15) is 4.98 Å². The first-order valence-electron chi connectivity index (χ1n) is 6.87. The van der Waals surface area contributed by atoms with Gasteiger partial charge in [0.15, 0.2) is 0 Å². The van der Waals surface area contributed by atoms with E-state index in [1.54, 1.807) is 0 Å². The van der Waals surface area contributed by atoms with Crippen LogP contribution in [0.15, 0.2) is 4.52 Å². The van der Waals surface area contributed by atoms with Crippen molar-refractivity contribution in [1.82, 2.24) is 15.5 Å². The second-order valence-corrected chi connectivity index (χ2v) is 5.18. The molecule has 102 valence electrons. The van der Waals surface area contributed by atoms with Crippen LogP contribution in [-0.2, 0) is 16.9 Å². The monoisotopic (exact) mass is 253 g/mol. The summed E-state index contributed by atoms with van der Waals surface area (Å²) in [5.74, 6) is 1.37. The van der Waals surface area contributed by atoms with Gasteiger partial charge >= 0.3 is 0 Å². The largest absolute Gasteiger partial charge is 0.367 e. The topological polar surface area (TPSA) is 60.2 Å². The highest BCUT2D eigenvalue weighted by molar-refractivity contribution is 5.04. The van der Waals surface area contributed by atoms with Crippen molar-refractivity contribution in [3.63, 3.8) is 0 Å². The average Bonchev–Trinajstić information content (AvgIpc) is 2.95. The van der Waals surface area contributed by atoms with E-state index in [-0.39, 0.29) is 5.60 Å². The Morgan fingerprint density at radius 3 is 2.72 bits per heavy atom. The highest BCUT2D eigenvalue weighted by atomic mass is 16.5. The zero-order valence-corrected chi connectivity index (χ0v) is 11.5. The highest BCUT2D eigenvalue weighted by Gasteiger charge is 2.40. The number of nitrogens with one attached hydrogen (secondary N) is 1. The van der Waals surface area contributed by atoms with Crippen molar-refractivity contribution in [2.24, 2.45) is 0 Å². The molecule has 1 aliphatic rings. The summed E-state index contributed by atoms with van der Waals surface area (Å²) in [4.78, 5) is 4.49. The van der Waals surface area contributed by atoms with E-state index in [4.69, 9.17) is 9.26 Å². The van der Waals surface area contributed by atoms with Crippen molar-refractivity contribution >= 4 is 0 Å². The molecule has 1 aromatic heterocycles. The van der Waals surface area contributed by atoms with Gasteiger partial charge in [-0.1, -0.05) is 19.0 Å². The minimum absolute atomic E-state index is 0.297. The normalized spacial score (nSPS) is 18.7. The fourth-order valence-corrected chi connectivity index (χ4v) is 2.46. The summed E-state index contributed by atoms with van der Waals surface area (Å²) in [6, 6.07) is 0.410. The molecule has 0 spiro atoms. The van der Waals surface area contributed by atoms with Crippen molar-refractivity contribution in [3.05, 3.63) is 11.7 Å². The molecular weight excluding hydrogens is 230 g/mol. The molecule has 0 radical (unpaired) electrons. The molecule has 0 aromatic carbocycles. The zero-order chi connectivity index (χ0) is 13.0. The summed E-state index contributed by atoms with van der Waals surface area (Å²) < 4.78 is 11.2. The molecule has 0 unspecified atom stereocenters. The van der Waals surface area contributed by atoms with Gasteiger partial charge in [-0.05, 0) is 32.6 Å². The first-order valence-corrected chi connectivity index (χ1v) is 6.87. The fourth-order valence-electron chi connectivity index (χ4n) is 2.46. The van der Waals surface area contributed by atoms with Gasteiger partial charge in [0.05, 0.1) is 6.54 Å². The fraction of sp³-hybridized carbons (Fsp3) is 0.846. The Hall–Kier alpha value is -0.940. The first-order chi connectivity index (χ1) is 8.66. The molecular formula is C13H23N3O2.